The molecule has 2 aliphatic rings. The summed E-state index contributed by atoms with van der Waals surface area (Å²) in [6.45, 7) is 2.00. The van der Waals surface area contributed by atoms with Crippen LogP contribution in [0, 0.1) is 5.92 Å². The van der Waals surface area contributed by atoms with Crippen LogP contribution in [0.2, 0.25) is 0 Å². The molecular formula is C21H28N4O. The lowest BCUT2D eigenvalue weighted by Gasteiger charge is -2.25. The lowest BCUT2D eigenvalue weighted by molar-refractivity contribution is 0.0915. The second-order valence-electron chi connectivity index (χ2n) is 7.59. The molecule has 1 amide bonds. The minimum Gasteiger partial charge on any atom is -0.344 e. The molecular weight excluding hydrogens is 324 g/mol. The van der Waals surface area contributed by atoms with Gasteiger partial charge in [-0.15, -0.1) is 0 Å². The fraction of sp³-hybridized carbons (Fsp3) is 0.524. The van der Waals surface area contributed by atoms with E-state index in [9.17, 15) is 4.79 Å². The van der Waals surface area contributed by atoms with E-state index in [0.29, 0.717) is 17.7 Å². The highest BCUT2D eigenvalue weighted by Crippen LogP contribution is 2.35. The Bertz CT molecular complexity index is 715. The normalized spacial score (nSPS) is 22.2. The molecule has 0 bridgehead atoms. The lowest BCUT2D eigenvalue weighted by atomic mass is 9.91. The summed E-state index contributed by atoms with van der Waals surface area (Å²) in [6.07, 6.45) is 9.10. The van der Waals surface area contributed by atoms with Crippen molar-refractivity contribution in [2.24, 2.45) is 5.92 Å². The highest BCUT2D eigenvalue weighted by molar-refractivity contribution is 5.92. The molecule has 26 heavy (non-hydrogen) atoms. The Hall–Kier alpha value is -2.14. The Morgan fingerprint density at radius 2 is 1.92 bits per heavy atom. The smallest absolute Gasteiger partial charge is 0.272 e. The molecule has 1 aromatic carbocycles. The number of hydrogen-bond acceptors (Lipinski definition) is 3. The van der Waals surface area contributed by atoms with Gasteiger partial charge in [0.25, 0.3) is 5.91 Å². The number of nitrogens with one attached hydrogen (secondary N) is 2. The molecule has 1 aromatic heterocycles. The Morgan fingerprint density at radius 3 is 2.65 bits per heavy atom. The van der Waals surface area contributed by atoms with Gasteiger partial charge in [0, 0.05) is 12.7 Å². The molecule has 1 aliphatic heterocycles. The van der Waals surface area contributed by atoms with Crippen LogP contribution in [0.4, 0.5) is 0 Å². The van der Waals surface area contributed by atoms with Crippen LogP contribution in [0.1, 0.15) is 66.7 Å². The second-order valence-corrected chi connectivity index (χ2v) is 7.59. The Morgan fingerprint density at radius 1 is 1.12 bits per heavy atom. The monoisotopic (exact) mass is 352 g/mol. The van der Waals surface area contributed by atoms with Crippen molar-refractivity contribution in [2.45, 2.75) is 50.6 Å². The molecule has 1 saturated carbocycles. The van der Waals surface area contributed by atoms with E-state index >= 15 is 0 Å². The van der Waals surface area contributed by atoms with Crippen LogP contribution >= 0.6 is 0 Å². The molecule has 2 atom stereocenters. The first-order chi connectivity index (χ1) is 12.8. The fourth-order valence-corrected chi connectivity index (χ4v) is 4.36. The van der Waals surface area contributed by atoms with Gasteiger partial charge in [-0.1, -0.05) is 43.2 Å². The van der Waals surface area contributed by atoms with Gasteiger partial charge in [-0.2, -0.15) is 5.10 Å². The van der Waals surface area contributed by atoms with Crippen LogP contribution in [-0.4, -0.2) is 28.8 Å². The summed E-state index contributed by atoms with van der Waals surface area (Å²) in [5.41, 5.74) is 1.72. The zero-order valence-corrected chi connectivity index (χ0v) is 15.2. The van der Waals surface area contributed by atoms with Gasteiger partial charge in [0.1, 0.15) is 5.69 Å². The summed E-state index contributed by atoms with van der Waals surface area (Å²) in [5, 5.41) is 11.3. The molecule has 2 aromatic rings. The third-order valence-corrected chi connectivity index (χ3v) is 5.80. The van der Waals surface area contributed by atoms with Crippen LogP contribution < -0.4 is 10.6 Å². The molecule has 5 heteroatoms. The maximum absolute atomic E-state index is 12.9. The van der Waals surface area contributed by atoms with E-state index in [0.717, 1.165) is 25.9 Å². The van der Waals surface area contributed by atoms with Crippen LogP contribution in [0.25, 0.3) is 0 Å². The zero-order valence-electron chi connectivity index (χ0n) is 15.2. The predicted molar refractivity (Wildman–Crippen MR) is 102 cm³/mol. The summed E-state index contributed by atoms with van der Waals surface area (Å²) in [7, 11) is 0. The second kappa shape index (κ2) is 8.04. The zero-order chi connectivity index (χ0) is 17.8. The van der Waals surface area contributed by atoms with Crippen molar-refractivity contribution < 1.29 is 4.79 Å². The maximum atomic E-state index is 12.9. The molecule has 5 nitrogen and oxygen atoms in total. The minimum atomic E-state index is -0.0618. The fourth-order valence-electron chi connectivity index (χ4n) is 4.36. The Balaban J connectivity index is 1.48. The average Bonchev–Trinajstić information content (AvgIpc) is 3.39. The number of rotatable bonds is 5. The molecule has 1 aliphatic carbocycles. The van der Waals surface area contributed by atoms with Gasteiger partial charge in [-0.3, -0.25) is 9.48 Å². The number of piperidine rings is 1. The summed E-state index contributed by atoms with van der Waals surface area (Å²) < 4.78 is 1.95. The first-order valence-corrected chi connectivity index (χ1v) is 9.93. The predicted octanol–water partition coefficient (Wildman–Crippen LogP) is 3.47. The van der Waals surface area contributed by atoms with Crippen molar-refractivity contribution in [3.8, 4) is 0 Å². The number of aromatic nitrogens is 2. The third-order valence-electron chi connectivity index (χ3n) is 5.80. The van der Waals surface area contributed by atoms with Crippen molar-refractivity contribution in [2.75, 3.05) is 13.1 Å². The topological polar surface area (TPSA) is 59.0 Å². The number of hydrogen-bond donors (Lipinski definition) is 2. The molecule has 0 spiro atoms. The van der Waals surface area contributed by atoms with Gasteiger partial charge in [0.15, 0.2) is 0 Å². The lowest BCUT2D eigenvalue weighted by Crippen LogP contribution is -2.34. The van der Waals surface area contributed by atoms with E-state index in [4.69, 9.17) is 0 Å². The van der Waals surface area contributed by atoms with Gasteiger partial charge in [0.2, 0.25) is 0 Å². The number of amides is 1. The third kappa shape index (κ3) is 3.83. The quantitative estimate of drug-likeness (QED) is 0.866. The van der Waals surface area contributed by atoms with E-state index in [2.05, 4.69) is 27.9 Å². The highest BCUT2D eigenvalue weighted by Gasteiger charge is 2.28. The van der Waals surface area contributed by atoms with E-state index in [1.165, 1.54) is 31.2 Å². The standard InChI is InChI=1S/C21H28N4O/c26-21(19-12-14-25(24-19)18-11-6-13-22-15-18)23-20(17-9-4-5-10-17)16-7-2-1-3-8-16/h1-3,7-8,12,14,17-18,20,22H,4-6,9-11,13,15H2,(H,23,26). The Labute approximate surface area is 155 Å². The summed E-state index contributed by atoms with van der Waals surface area (Å²) >= 11 is 0. The molecule has 0 radical (unpaired) electrons. The number of carbonyl (C=O) groups excluding carboxylic acids is 1. The molecule has 1 saturated heterocycles. The number of nitrogens with zero attached hydrogens (tertiary/aromatic N) is 2. The summed E-state index contributed by atoms with van der Waals surface area (Å²) in [4.78, 5) is 12.9. The molecule has 4 rings (SSSR count). The van der Waals surface area contributed by atoms with Crippen molar-refractivity contribution in [3.05, 3.63) is 53.9 Å². The van der Waals surface area contributed by atoms with Crippen molar-refractivity contribution in [3.63, 3.8) is 0 Å². The van der Waals surface area contributed by atoms with Gasteiger partial charge in [-0.25, -0.2) is 0 Å². The SMILES string of the molecule is O=C(NC(c1ccccc1)C1CCCC1)c1ccn(C2CCCNC2)n1. The van der Waals surface area contributed by atoms with Gasteiger partial charge >= 0.3 is 0 Å². The average molecular weight is 352 g/mol. The first-order valence-electron chi connectivity index (χ1n) is 9.93. The molecule has 138 valence electrons. The Kier molecular flexibility index (Phi) is 5.34. The van der Waals surface area contributed by atoms with Crippen molar-refractivity contribution in [1.82, 2.24) is 20.4 Å². The molecule has 2 unspecified atom stereocenters. The van der Waals surface area contributed by atoms with Crippen LogP contribution in [-0.2, 0) is 0 Å². The molecule has 2 fully saturated rings. The summed E-state index contributed by atoms with van der Waals surface area (Å²) in [6, 6.07) is 12.6. The van der Waals surface area contributed by atoms with Crippen LogP contribution in [0.3, 0.4) is 0 Å². The van der Waals surface area contributed by atoms with Gasteiger partial charge in [-0.05, 0) is 49.8 Å². The van der Waals surface area contributed by atoms with Crippen molar-refractivity contribution >= 4 is 5.91 Å². The summed E-state index contributed by atoms with van der Waals surface area (Å²) in [5.74, 6) is 0.458. The van der Waals surface area contributed by atoms with E-state index in [-0.39, 0.29) is 11.9 Å². The number of carbonyl (C=O) groups is 1. The molecule has 2 heterocycles. The maximum Gasteiger partial charge on any atom is 0.272 e. The largest absolute Gasteiger partial charge is 0.344 e. The van der Waals surface area contributed by atoms with Crippen LogP contribution in [0.15, 0.2) is 42.6 Å². The number of benzene rings is 1. The molecule has 2 N–H and O–H groups in total. The van der Waals surface area contributed by atoms with E-state index < -0.39 is 0 Å². The van der Waals surface area contributed by atoms with Crippen LogP contribution in [0.5, 0.6) is 0 Å². The first kappa shape index (κ1) is 17.3. The van der Waals surface area contributed by atoms with E-state index in [1.807, 2.05) is 35.1 Å². The van der Waals surface area contributed by atoms with Gasteiger partial charge < -0.3 is 10.6 Å². The highest BCUT2D eigenvalue weighted by atomic mass is 16.2. The van der Waals surface area contributed by atoms with Gasteiger partial charge in [0.05, 0.1) is 12.1 Å². The van der Waals surface area contributed by atoms with Crippen molar-refractivity contribution in [1.29, 1.82) is 0 Å². The van der Waals surface area contributed by atoms with E-state index in [1.54, 1.807) is 0 Å². The minimum absolute atomic E-state index is 0.0618.